The number of halogens is 4. The number of ketones is 1. The quantitative estimate of drug-likeness (QED) is 0.578. The number of Topliss-reactive ketones (excluding diaryl/α,β-unsaturated/α-hetero) is 1. The molecule has 0 atom stereocenters. The first-order valence-electron chi connectivity index (χ1n) is 3.86. The molecule has 0 amide bonds. The molecule has 0 saturated heterocycles. The Bertz CT molecular complexity index is 396. The SMILES string of the molecule is CC(=O)c1cc(Br)cc(I)c1OC(F)F. The summed E-state index contributed by atoms with van der Waals surface area (Å²) in [6.45, 7) is -1.63. The molecule has 0 unspecified atom stereocenters. The number of carbonyl (C=O) groups is 1. The number of ether oxygens (including phenoxy) is 1. The lowest BCUT2D eigenvalue weighted by Gasteiger charge is -2.11. The number of benzene rings is 1. The van der Waals surface area contributed by atoms with Crippen LogP contribution >= 0.6 is 38.5 Å². The highest BCUT2D eigenvalue weighted by Gasteiger charge is 2.17. The van der Waals surface area contributed by atoms with Gasteiger partial charge in [0.1, 0.15) is 5.75 Å². The summed E-state index contributed by atoms with van der Waals surface area (Å²) in [6.07, 6.45) is 0. The van der Waals surface area contributed by atoms with Gasteiger partial charge < -0.3 is 4.74 Å². The van der Waals surface area contributed by atoms with Crippen molar-refractivity contribution in [3.05, 3.63) is 25.7 Å². The molecule has 1 aromatic carbocycles. The number of hydrogen-bond acceptors (Lipinski definition) is 2. The van der Waals surface area contributed by atoms with Gasteiger partial charge in [-0.1, -0.05) is 15.9 Å². The summed E-state index contributed by atoms with van der Waals surface area (Å²) in [4.78, 5) is 11.2. The summed E-state index contributed by atoms with van der Waals surface area (Å²) in [5.41, 5.74) is 0.147. The third-order valence-corrected chi connectivity index (χ3v) is 2.85. The van der Waals surface area contributed by atoms with Crippen LogP contribution in [0.25, 0.3) is 0 Å². The van der Waals surface area contributed by atoms with E-state index in [1.165, 1.54) is 13.0 Å². The lowest BCUT2D eigenvalue weighted by atomic mass is 10.1. The van der Waals surface area contributed by atoms with Crippen molar-refractivity contribution in [2.45, 2.75) is 13.5 Å². The fourth-order valence-electron chi connectivity index (χ4n) is 1.03. The van der Waals surface area contributed by atoms with Gasteiger partial charge in [-0.05, 0) is 41.6 Å². The summed E-state index contributed by atoms with van der Waals surface area (Å²) < 4.78 is 29.6. The number of hydrogen-bond donors (Lipinski definition) is 0. The highest BCUT2D eigenvalue weighted by atomic mass is 127. The van der Waals surface area contributed by atoms with Crippen molar-refractivity contribution in [3.63, 3.8) is 0 Å². The molecule has 0 aliphatic carbocycles. The maximum absolute atomic E-state index is 12.1. The van der Waals surface area contributed by atoms with Gasteiger partial charge >= 0.3 is 6.61 Å². The van der Waals surface area contributed by atoms with Crippen LogP contribution < -0.4 is 4.74 Å². The van der Waals surface area contributed by atoms with Crippen LogP contribution in [-0.4, -0.2) is 12.4 Å². The minimum absolute atomic E-state index is 0.0682. The summed E-state index contributed by atoms with van der Waals surface area (Å²) in [6, 6.07) is 3.06. The van der Waals surface area contributed by atoms with Gasteiger partial charge in [0.2, 0.25) is 0 Å². The molecule has 1 aromatic rings. The van der Waals surface area contributed by atoms with E-state index in [2.05, 4.69) is 20.7 Å². The largest absolute Gasteiger partial charge is 0.433 e. The second-order valence-corrected chi connectivity index (χ2v) is 4.78. The molecule has 0 radical (unpaired) electrons. The van der Waals surface area contributed by atoms with Crippen LogP contribution in [0.15, 0.2) is 16.6 Å². The molecule has 0 fully saturated rings. The van der Waals surface area contributed by atoms with Crippen LogP contribution in [0, 0.1) is 3.57 Å². The summed E-state index contributed by atoms with van der Waals surface area (Å²) >= 11 is 5.02. The first kappa shape index (κ1) is 12.8. The van der Waals surface area contributed by atoms with Crippen molar-refractivity contribution in [1.82, 2.24) is 0 Å². The standard InChI is InChI=1S/C9H6BrF2IO2/c1-4(14)6-2-5(10)3-7(13)8(6)15-9(11)12/h2-3,9H,1H3. The minimum atomic E-state index is -2.93. The Balaban J connectivity index is 3.27. The highest BCUT2D eigenvalue weighted by Crippen LogP contribution is 2.31. The molecule has 0 bridgehead atoms. The predicted octanol–water partition coefficient (Wildman–Crippen LogP) is 3.86. The monoisotopic (exact) mass is 390 g/mol. The zero-order valence-electron chi connectivity index (χ0n) is 7.56. The molecular weight excluding hydrogens is 385 g/mol. The molecule has 1 rings (SSSR count). The summed E-state index contributed by atoms with van der Waals surface area (Å²) in [5.74, 6) is -0.383. The predicted molar refractivity (Wildman–Crippen MR) is 63.5 cm³/mol. The van der Waals surface area contributed by atoms with Crippen molar-refractivity contribution in [3.8, 4) is 5.75 Å². The fourth-order valence-corrected chi connectivity index (χ4v) is 2.67. The maximum Gasteiger partial charge on any atom is 0.387 e. The lowest BCUT2D eigenvalue weighted by molar-refractivity contribution is -0.0507. The Labute approximate surface area is 107 Å². The molecule has 0 aliphatic rings. The minimum Gasteiger partial charge on any atom is -0.433 e. The molecule has 2 nitrogen and oxygen atoms in total. The Morgan fingerprint density at radius 2 is 2.13 bits per heavy atom. The maximum atomic E-state index is 12.1. The Morgan fingerprint density at radius 3 is 2.60 bits per heavy atom. The molecule has 82 valence electrons. The van der Waals surface area contributed by atoms with Crippen molar-refractivity contribution in [2.24, 2.45) is 0 Å². The van der Waals surface area contributed by atoms with Crippen molar-refractivity contribution < 1.29 is 18.3 Å². The molecular formula is C9H6BrF2IO2. The van der Waals surface area contributed by atoms with E-state index in [1.807, 2.05) is 22.6 Å². The van der Waals surface area contributed by atoms with Gasteiger partial charge in [0, 0.05) is 4.47 Å². The van der Waals surface area contributed by atoms with E-state index < -0.39 is 6.61 Å². The van der Waals surface area contributed by atoms with Gasteiger partial charge in [-0.15, -0.1) is 0 Å². The van der Waals surface area contributed by atoms with Crippen LogP contribution in [0.2, 0.25) is 0 Å². The zero-order valence-corrected chi connectivity index (χ0v) is 11.3. The van der Waals surface area contributed by atoms with Gasteiger partial charge in [0.05, 0.1) is 9.13 Å². The molecule has 0 spiro atoms. The summed E-state index contributed by atoms with van der Waals surface area (Å²) in [7, 11) is 0. The zero-order chi connectivity index (χ0) is 11.6. The van der Waals surface area contributed by atoms with Crippen molar-refractivity contribution in [2.75, 3.05) is 0 Å². The van der Waals surface area contributed by atoms with Crippen molar-refractivity contribution in [1.29, 1.82) is 0 Å². The van der Waals surface area contributed by atoms with E-state index in [4.69, 9.17) is 0 Å². The Kier molecular flexibility index (Phi) is 4.45. The van der Waals surface area contributed by atoms with Crippen molar-refractivity contribution >= 4 is 44.3 Å². The first-order chi connectivity index (χ1) is 6.91. The van der Waals surface area contributed by atoms with Crippen LogP contribution in [0.4, 0.5) is 8.78 Å². The number of alkyl halides is 2. The van der Waals surface area contributed by atoms with E-state index in [9.17, 15) is 13.6 Å². The van der Waals surface area contributed by atoms with E-state index in [0.29, 0.717) is 8.04 Å². The van der Waals surface area contributed by atoms with Gasteiger partial charge in [0.15, 0.2) is 5.78 Å². The second kappa shape index (κ2) is 5.20. The average molecular weight is 391 g/mol. The van der Waals surface area contributed by atoms with Gasteiger partial charge in [-0.2, -0.15) is 8.78 Å². The van der Waals surface area contributed by atoms with Gasteiger partial charge in [-0.25, -0.2) is 0 Å². The Hall–Kier alpha value is -0.240. The molecule has 0 heterocycles. The van der Waals surface area contributed by atoms with Crippen LogP contribution in [0.5, 0.6) is 5.75 Å². The smallest absolute Gasteiger partial charge is 0.387 e. The molecule has 0 aromatic heterocycles. The van der Waals surface area contributed by atoms with Crippen LogP contribution in [-0.2, 0) is 0 Å². The third kappa shape index (κ3) is 3.37. The second-order valence-electron chi connectivity index (χ2n) is 2.70. The Morgan fingerprint density at radius 1 is 1.53 bits per heavy atom. The van der Waals surface area contributed by atoms with Gasteiger partial charge in [0.25, 0.3) is 0 Å². The molecule has 0 N–H and O–H groups in total. The molecule has 6 heteroatoms. The third-order valence-electron chi connectivity index (χ3n) is 1.59. The van der Waals surface area contributed by atoms with E-state index in [0.717, 1.165) is 0 Å². The topological polar surface area (TPSA) is 26.3 Å². The van der Waals surface area contributed by atoms with Crippen LogP contribution in [0.3, 0.4) is 0 Å². The highest BCUT2D eigenvalue weighted by molar-refractivity contribution is 14.1. The molecule has 0 aliphatic heterocycles. The molecule has 0 saturated carbocycles. The first-order valence-corrected chi connectivity index (χ1v) is 5.73. The van der Waals surface area contributed by atoms with Crippen LogP contribution in [0.1, 0.15) is 17.3 Å². The summed E-state index contributed by atoms with van der Waals surface area (Å²) in [5, 5.41) is 0. The normalized spacial score (nSPS) is 10.5. The molecule has 15 heavy (non-hydrogen) atoms. The number of rotatable bonds is 3. The van der Waals surface area contributed by atoms with Gasteiger partial charge in [-0.3, -0.25) is 4.79 Å². The van der Waals surface area contributed by atoms with E-state index in [1.54, 1.807) is 6.07 Å². The van der Waals surface area contributed by atoms with E-state index >= 15 is 0 Å². The van der Waals surface area contributed by atoms with E-state index in [-0.39, 0.29) is 17.1 Å². The lowest BCUT2D eigenvalue weighted by Crippen LogP contribution is -2.08. The fraction of sp³-hybridized carbons (Fsp3) is 0.222. The number of carbonyl (C=O) groups excluding carboxylic acids is 1. The average Bonchev–Trinajstić information content (AvgIpc) is 2.08.